The zero-order valence-electron chi connectivity index (χ0n) is 16.9. The maximum atomic E-state index is 12.6. The molecule has 2 aromatic rings. The molecule has 4 rings (SSSR count). The van der Waals surface area contributed by atoms with Crippen molar-refractivity contribution in [3.05, 3.63) is 53.6 Å². The molecule has 2 aliphatic heterocycles. The van der Waals surface area contributed by atoms with E-state index in [-0.39, 0.29) is 43.5 Å². The molecule has 154 valence electrons. The lowest BCUT2D eigenvalue weighted by Gasteiger charge is -2.18. The summed E-state index contributed by atoms with van der Waals surface area (Å²) in [5.74, 6) is -1.30. The van der Waals surface area contributed by atoms with Gasteiger partial charge in [0.25, 0.3) is 0 Å². The van der Waals surface area contributed by atoms with Gasteiger partial charge in [-0.1, -0.05) is 6.07 Å². The number of rotatable bonds is 4. The highest BCUT2D eigenvalue weighted by atomic mass is 16.5. The van der Waals surface area contributed by atoms with Crippen molar-refractivity contribution >= 4 is 35.1 Å². The molecule has 7 nitrogen and oxygen atoms in total. The number of aryl methyl sites for hydroxylation is 2. The van der Waals surface area contributed by atoms with Gasteiger partial charge in [0, 0.05) is 31.5 Å². The number of benzene rings is 2. The van der Waals surface area contributed by atoms with Crippen LogP contribution in [0.3, 0.4) is 0 Å². The Bertz CT molecular complexity index is 1010. The fourth-order valence-electron chi connectivity index (χ4n) is 3.95. The van der Waals surface area contributed by atoms with E-state index in [4.69, 9.17) is 4.74 Å². The smallest absolute Gasteiger partial charge is 0.316 e. The molecule has 0 aliphatic carbocycles. The van der Waals surface area contributed by atoms with Crippen LogP contribution in [0.2, 0.25) is 0 Å². The van der Waals surface area contributed by atoms with Gasteiger partial charge in [0.15, 0.2) is 0 Å². The van der Waals surface area contributed by atoms with Crippen LogP contribution in [0, 0.1) is 19.8 Å². The Kier molecular flexibility index (Phi) is 5.11. The monoisotopic (exact) mass is 406 g/mol. The van der Waals surface area contributed by atoms with Gasteiger partial charge < -0.3 is 9.64 Å². The lowest BCUT2D eigenvalue weighted by atomic mass is 10.1. The van der Waals surface area contributed by atoms with Crippen molar-refractivity contribution < 1.29 is 23.9 Å². The van der Waals surface area contributed by atoms with Crippen molar-refractivity contribution in [3.8, 4) is 5.75 Å². The number of ether oxygens (including phenoxy) is 1. The minimum Gasteiger partial charge on any atom is -0.426 e. The first kappa shape index (κ1) is 19.8. The number of hydrogen-bond donors (Lipinski definition) is 0. The Hall–Kier alpha value is -3.48. The normalized spacial score (nSPS) is 19.0. The van der Waals surface area contributed by atoms with E-state index in [9.17, 15) is 19.2 Å². The van der Waals surface area contributed by atoms with E-state index < -0.39 is 11.9 Å². The summed E-state index contributed by atoms with van der Waals surface area (Å²) in [6, 6.07) is 12.1. The third-order valence-electron chi connectivity index (χ3n) is 5.34. The van der Waals surface area contributed by atoms with Crippen LogP contribution < -0.4 is 14.5 Å². The summed E-state index contributed by atoms with van der Waals surface area (Å²) in [6.07, 6.45) is 0.519. The number of nitrogens with zero attached hydrogens (tertiary/aromatic N) is 2. The number of imide groups is 1. The lowest BCUT2D eigenvalue weighted by molar-refractivity contribution is -0.139. The van der Waals surface area contributed by atoms with Crippen LogP contribution in [0.1, 0.15) is 30.4 Å². The lowest BCUT2D eigenvalue weighted by Crippen LogP contribution is -2.28. The molecular weight excluding hydrogens is 384 g/mol. The Morgan fingerprint density at radius 2 is 1.47 bits per heavy atom. The SMILES string of the molecule is Cc1cc(C)cc(N2C[C@@H](C(=O)Oc3ccc(N4C(=O)CCC4=O)cc3)CC2=O)c1. The molecule has 2 aliphatic rings. The molecule has 2 saturated heterocycles. The van der Waals surface area contributed by atoms with Crippen molar-refractivity contribution in [2.45, 2.75) is 33.1 Å². The maximum Gasteiger partial charge on any atom is 0.316 e. The molecule has 1 atom stereocenters. The van der Waals surface area contributed by atoms with Crippen molar-refractivity contribution in [2.24, 2.45) is 5.92 Å². The van der Waals surface area contributed by atoms with E-state index >= 15 is 0 Å². The van der Waals surface area contributed by atoms with Gasteiger partial charge in [-0.2, -0.15) is 0 Å². The molecule has 2 fully saturated rings. The second-order valence-corrected chi connectivity index (χ2v) is 7.79. The van der Waals surface area contributed by atoms with Crippen LogP contribution in [-0.2, 0) is 19.2 Å². The molecule has 0 aromatic heterocycles. The third kappa shape index (κ3) is 3.83. The Balaban J connectivity index is 1.42. The van der Waals surface area contributed by atoms with Gasteiger partial charge in [0.05, 0.1) is 11.6 Å². The Labute approximate surface area is 174 Å². The molecule has 2 aromatic carbocycles. The summed E-state index contributed by atoms with van der Waals surface area (Å²) >= 11 is 0. The van der Waals surface area contributed by atoms with E-state index in [1.54, 1.807) is 29.2 Å². The van der Waals surface area contributed by atoms with Crippen LogP contribution >= 0.6 is 0 Å². The number of carbonyl (C=O) groups excluding carboxylic acids is 4. The number of esters is 1. The van der Waals surface area contributed by atoms with E-state index in [0.717, 1.165) is 21.7 Å². The molecule has 0 saturated carbocycles. The van der Waals surface area contributed by atoms with E-state index in [1.165, 1.54) is 0 Å². The third-order valence-corrected chi connectivity index (χ3v) is 5.34. The average Bonchev–Trinajstić information content (AvgIpc) is 3.24. The molecule has 0 bridgehead atoms. The van der Waals surface area contributed by atoms with Crippen LogP contribution in [0.4, 0.5) is 11.4 Å². The maximum absolute atomic E-state index is 12.6. The van der Waals surface area contributed by atoms with Gasteiger partial charge in [-0.25, -0.2) is 0 Å². The summed E-state index contributed by atoms with van der Waals surface area (Å²) in [5.41, 5.74) is 3.36. The fourth-order valence-corrected chi connectivity index (χ4v) is 3.95. The predicted molar refractivity (Wildman–Crippen MR) is 110 cm³/mol. The van der Waals surface area contributed by atoms with E-state index in [1.807, 2.05) is 32.0 Å². The molecule has 0 radical (unpaired) electrons. The second kappa shape index (κ2) is 7.74. The minimum absolute atomic E-state index is 0.0979. The number of carbonyl (C=O) groups is 4. The molecule has 0 N–H and O–H groups in total. The van der Waals surface area contributed by atoms with Crippen LogP contribution in [0.25, 0.3) is 0 Å². The van der Waals surface area contributed by atoms with Gasteiger partial charge in [-0.05, 0) is 61.4 Å². The molecule has 0 spiro atoms. The van der Waals surface area contributed by atoms with Gasteiger partial charge in [0.2, 0.25) is 17.7 Å². The summed E-state index contributed by atoms with van der Waals surface area (Å²) in [5, 5.41) is 0. The van der Waals surface area contributed by atoms with Crippen molar-refractivity contribution in [2.75, 3.05) is 16.3 Å². The molecule has 7 heteroatoms. The largest absolute Gasteiger partial charge is 0.426 e. The van der Waals surface area contributed by atoms with Gasteiger partial charge in [-0.15, -0.1) is 0 Å². The van der Waals surface area contributed by atoms with E-state index in [2.05, 4.69) is 0 Å². The highest BCUT2D eigenvalue weighted by Gasteiger charge is 2.36. The van der Waals surface area contributed by atoms with Crippen LogP contribution in [-0.4, -0.2) is 30.2 Å². The van der Waals surface area contributed by atoms with Crippen LogP contribution in [0.15, 0.2) is 42.5 Å². The predicted octanol–water partition coefficient (Wildman–Crippen LogP) is 2.92. The standard InChI is InChI=1S/C23H22N2O5/c1-14-9-15(2)11-18(10-14)24-13-16(12-22(24)28)23(29)30-19-5-3-17(4-6-19)25-20(26)7-8-21(25)27/h3-6,9-11,16H,7-8,12-13H2,1-2H3/t16-/m0/s1. The first-order valence-corrected chi connectivity index (χ1v) is 9.88. The first-order valence-electron chi connectivity index (χ1n) is 9.88. The summed E-state index contributed by atoms with van der Waals surface area (Å²) < 4.78 is 5.44. The summed E-state index contributed by atoms with van der Waals surface area (Å²) in [4.78, 5) is 51.5. The van der Waals surface area contributed by atoms with E-state index in [0.29, 0.717) is 11.4 Å². The number of anilines is 2. The second-order valence-electron chi connectivity index (χ2n) is 7.79. The zero-order chi connectivity index (χ0) is 21.4. The average molecular weight is 406 g/mol. The van der Waals surface area contributed by atoms with Gasteiger partial charge in [-0.3, -0.25) is 24.1 Å². The summed E-state index contributed by atoms with van der Waals surface area (Å²) in [6.45, 7) is 4.21. The van der Waals surface area contributed by atoms with Gasteiger partial charge in [0.1, 0.15) is 5.75 Å². The van der Waals surface area contributed by atoms with Crippen molar-refractivity contribution in [1.29, 1.82) is 0 Å². The summed E-state index contributed by atoms with van der Waals surface area (Å²) in [7, 11) is 0. The highest BCUT2D eigenvalue weighted by Crippen LogP contribution is 2.29. The van der Waals surface area contributed by atoms with Crippen LogP contribution in [0.5, 0.6) is 5.75 Å². The number of hydrogen-bond acceptors (Lipinski definition) is 5. The molecule has 3 amide bonds. The molecule has 2 heterocycles. The van der Waals surface area contributed by atoms with Gasteiger partial charge >= 0.3 is 5.97 Å². The topological polar surface area (TPSA) is 84.0 Å². The zero-order valence-corrected chi connectivity index (χ0v) is 16.9. The minimum atomic E-state index is -0.556. The number of amides is 3. The van der Waals surface area contributed by atoms with Crippen molar-refractivity contribution in [3.63, 3.8) is 0 Å². The molecule has 30 heavy (non-hydrogen) atoms. The highest BCUT2D eigenvalue weighted by molar-refractivity contribution is 6.19. The first-order chi connectivity index (χ1) is 14.3. The Morgan fingerprint density at radius 1 is 0.867 bits per heavy atom. The molecular formula is C23H22N2O5. The molecule has 0 unspecified atom stereocenters. The fraction of sp³-hybridized carbons (Fsp3) is 0.304. The van der Waals surface area contributed by atoms with Crippen molar-refractivity contribution in [1.82, 2.24) is 0 Å². The quantitative estimate of drug-likeness (QED) is 0.443. The Morgan fingerprint density at radius 3 is 2.07 bits per heavy atom.